The minimum absolute atomic E-state index is 0. The molecule has 0 unspecified atom stereocenters. The SMILES string of the molecule is COC(=O)c1ccc(OCC2(N)CC2)cc1C.Cl. The molecule has 0 bridgehead atoms. The van der Waals surface area contributed by atoms with Crippen molar-refractivity contribution in [3.8, 4) is 5.75 Å². The maximum atomic E-state index is 11.4. The van der Waals surface area contributed by atoms with Gasteiger partial charge in [-0.1, -0.05) is 0 Å². The highest BCUT2D eigenvalue weighted by Gasteiger charge is 2.39. The molecule has 1 saturated carbocycles. The summed E-state index contributed by atoms with van der Waals surface area (Å²) in [6, 6.07) is 5.32. The van der Waals surface area contributed by atoms with E-state index in [1.165, 1.54) is 7.11 Å². The van der Waals surface area contributed by atoms with E-state index < -0.39 is 0 Å². The number of benzene rings is 1. The predicted molar refractivity (Wildman–Crippen MR) is 71.4 cm³/mol. The van der Waals surface area contributed by atoms with Crippen LogP contribution < -0.4 is 10.5 Å². The van der Waals surface area contributed by atoms with Gasteiger partial charge in [0.05, 0.1) is 18.2 Å². The molecule has 0 aromatic heterocycles. The van der Waals surface area contributed by atoms with Crippen LogP contribution in [-0.2, 0) is 4.74 Å². The first-order valence-corrected chi connectivity index (χ1v) is 5.65. The number of esters is 1. The van der Waals surface area contributed by atoms with Crippen molar-refractivity contribution in [3.63, 3.8) is 0 Å². The number of rotatable bonds is 4. The number of halogens is 1. The third kappa shape index (κ3) is 3.37. The van der Waals surface area contributed by atoms with Crippen LogP contribution in [0.1, 0.15) is 28.8 Å². The Bertz CT molecular complexity index is 444. The van der Waals surface area contributed by atoms with Crippen LogP contribution in [0.4, 0.5) is 0 Å². The van der Waals surface area contributed by atoms with Crippen molar-refractivity contribution in [3.05, 3.63) is 29.3 Å². The summed E-state index contributed by atoms with van der Waals surface area (Å²) >= 11 is 0. The smallest absolute Gasteiger partial charge is 0.338 e. The fourth-order valence-electron chi connectivity index (χ4n) is 1.60. The summed E-state index contributed by atoms with van der Waals surface area (Å²) in [6.07, 6.45) is 2.04. The monoisotopic (exact) mass is 271 g/mol. The van der Waals surface area contributed by atoms with Gasteiger partial charge in [-0.2, -0.15) is 0 Å². The van der Waals surface area contributed by atoms with Crippen LogP contribution in [0.25, 0.3) is 0 Å². The Balaban J connectivity index is 0.00000162. The van der Waals surface area contributed by atoms with Crippen LogP contribution in [0.5, 0.6) is 5.75 Å². The standard InChI is InChI=1S/C13H17NO3.ClH/c1-9-7-10(17-8-13(14)5-6-13)3-4-11(9)12(15)16-2;/h3-4,7H,5-6,8,14H2,1-2H3;1H. The molecule has 5 heteroatoms. The van der Waals surface area contributed by atoms with Crippen molar-refractivity contribution in [2.75, 3.05) is 13.7 Å². The highest BCUT2D eigenvalue weighted by molar-refractivity contribution is 5.91. The average Bonchev–Trinajstić information content (AvgIpc) is 3.05. The summed E-state index contributed by atoms with van der Waals surface area (Å²) < 4.78 is 10.3. The number of methoxy groups -OCH3 is 1. The molecule has 2 N–H and O–H groups in total. The minimum atomic E-state index is -0.327. The van der Waals surface area contributed by atoms with Gasteiger partial charge in [0.15, 0.2) is 0 Å². The first kappa shape index (κ1) is 14.8. The summed E-state index contributed by atoms with van der Waals surface area (Å²) in [5, 5.41) is 0. The lowest BCUT2D eigenvalue weighted by molar-refractivity contribution is 0.0600. The molecule has 100 valence electrons. The van der Waals surface area contributed by atoms with Crippen LogP contribution in [0.2, 0.25) is 0 Å². The van der Waals surface area contributed by atoms with Crippen LogP contribution in [-0.4, -0.2) is 25.2 Å². The van der Waals surface area contributed by atoms with Gasteiger partial charge in [-0.15, -0.1) is 12.4 Å². The van der Waals surface area contributed by atoms with Crippen molar-refractivity contribution in [1.82, 2.24) is 0 Å². The molecule has 0 atom stereocenters. The molecular formula is C13H18ClNO3. The third-order valence-corrected chi connectivity index (χ3v) is 3.02. The first-order valence-electron chi connectivity index (χ1n) is 5.65. The maximum Gasteiger partial charge on any atom is 0.338 e. The molecule has 4 nitrogen and oxygen atoms in total. The Hall–Kier alpha value is -1.26. The molecular weight excluding hydrogens is 254 g/mol. The summed E-state index contributed by atoms with van der Waals surface area (Å²) in [6.45, 7) is 2.39. The Morgan fingerprint density at radius 1 is 1.44 bits per heavy atom. The molecule has 0 spiro atoms. The fourth-order valence-corrected chi connectivity index (χ4v) is 1.60. The third-order valence-electron chi connectivity index (χ3n) is 3.02. The number of nitrogens with two attached hydrogens (primary N) is 1. The largest absolute Gasteiger partial charge is 0.492 e. The van der Waals surface area contributed by atoms with Gasteiger partial charge in [-0.05, 0) is 43.5 Å². The van der Waals surface area contributed by atoms with Crippen LogP contribution in [0.3, 0.4) is 0 Å². The number of hydrogen-bond donors (Lipinski definition) is 1. The zero-order valence-electron chi connectivity index (χ0n) is 10.6. The minimum Gasteiger partial charge on any atom is -0.492 e. The van der Waals surface area contributed by atoms with Crippen LogP contribution in [0.15, 0.2) is 18.2 Å². The number of aryl methyl sites for hydroxylation is 1. The van der Waals surface area contributed by atoms with Gasteiger partial charge in [-0.25, -0.2) is 4.79 Å². The first-order chi connectivity index (χ1) is 8.04. The van der Waals surface area contributed by atoms with Gasteiger partial charge >= 0.3 is 5.97 Å². The molecule has 1 aromatic carbocycles. The number of carbonyl (C=O) groups excluding carboxylic acids is 1. The van der Waals surface area contributed by atoms with Crippen molar-refractivity contribution in [2.45, 2.75) is 25.3 Å². The van der Waals surface area contributed by atoms with E-state index >= 15 is 0 Å². The van der Waals surface area contributed by atoms with E-state index in [4.69, 9.17) is 10.5 Å². The second-order valence-electron chi connectivity index (χ2n) is 4.62. The van der Waals surface area contributed by atoms with Gasteiger partial charge in [0.2, 0.25) is 0 Å². The molecule has 1 aromatic rings. The van der Waals surface area contributed by atoms with E-state index in [-0.39, 0.29) is 23.9 Å². The van der Waals surface area contributed by atoms with Gasteiger partial charge in [-0.3, -0.25) is 0 Å². The van der Waals surface area contributed by atoms with Crippen molar-refractivity contribution >= 4 is 18.4 Å². The lowest BCUT2D eigenvalue weighted by Crippen LogP contribution is -2.29. The lowest BCUT2D eigenvalue weighted by atomic mass is 10.1. The molecule has 1 aliphatic rings. The van der Waals surface area contributed by atoms with E-state index in [0.717, 1.165) is 24.2 Å². The highest BCUT2D eigenvalue weighted by atomic mass is 35.5. The Kier molecular flexibility index (Phi) is 4.59. The van der Waals surface area contributed by atoms with Gasteiger partial charge in [0, 0.05) is 0 Å². The van der Waals surface area contributed by atoms with E-state index in [1.807, 2.05) is 13.0 Å². The summed E-state index contributed by atoms with van der Waals surface area (Å²) in [4.78, 5) is 11.4. The lowest BCUT2D eigenvalue weighted by Gasteiger charge is -2.12. The van der Waals surface area contributed by atoms with Gasteiger partial charge in [0.25, 0.3) is 0 Å². The van der Waals surface area contributed by atoms with E-state index in [9.17, 15) is 4.79 Å². The number of hydrogen-bond acceptors (Lipinski definition) is 4. The average molecular weight is 272 g/mol. The van der Waals surface area contributed by atoms with Gasteiger partial charge < -0.3 is 15.2 Å². The zero-order chi connectivity index (χ0) is 12.5. The molecule has 1 fully saturated rings. The molecule has 18 heavy (non-hydrogen) atoms. The zero-order valence-corrected chi connectivity index (χ0v) is 11.4. The fraction of sp³-hybridized carbons (Fsp3) is 0.462. The highest BCUT2D eigenvalue weighted by Crippen LogP contribution is 2.32. The molecule has 0 radical (unpaired) electrons. The quantitative estimate of drug-likeness (QED) is 0.852. The van der Waals surface area contributed by atoms with E-state index in [2.05, 4.69) is 4.74 Å². The molecule has 0 heterocycles. The molecule has 0 amide bonds. The second-order valence-corrected chi connectivity index (χ2v) is 4.62. The predicted octanol–water partition coefficient (Wildman–Crippen LogP) is 2.07. The Labute approximate surface area is 113 Å². The van der Waals surface area contributed by atoms with E-state index in [0.29, 0.717) is 12.2 Å². The van der Waals surface area contributed by atoms with Crippen molar-refractivity contribution in [2.24, 2.45) is 5.73 Å². The maximum absolute atomic E-state index is 11.4. The summed E-state index contributed by atoms with van der Waals surface area (Å²) in [5.41, 5.74) is 7.21. The van der Waals surface area contributed by atoms with Crippen LogP contribution >= 0.6 is 12.4 Å². The molecule has 2 rings (SSSR count). The van der Waals surface area contributed by atoms with Crippen molar-refractivity contribution in [1.29, 1.82) is 0 Å². The van der Waals surface area contributed by atoms with Crippen LogP contribution in [0, 0.1) is 6.92 Å². The topological polar surface area (TPSA) is 61.5 Å². The molecule has 1 aliphatic carbocycles. The van der Waals surface area contributed by atoms with Gasteiger partial charge in [0.1, 0.15) is 12.4 Å². The molecule has 0 saturated heterocycles. The second kappa shape index (κ2) is 5.59. The Morgan fingerprint density at radius 3 is 2.61 bits per heavy atom. The van der Waals surface area contributed by atoms with Crippen molar-refractivity contribution < 1.29 is 14.3 Å². The Morgan fingerprint density at radius 2 is 2.11 bits per heavy atom. The summed E-state index contributed by atoms with van der Waals surface area (Å²) in [7, 11) is 1.37. The summed E-state index contributed by atoms with van der Waals surface area (Å²) in [5.74, 6) is 0.415. The molecule has 0 aliphatic heterocycles. The van der Waals surface area contributed by atoms with E-state index in [1.54, 1.807) is 12.1 Å². The number of ether oxygens (including phenoxy) is 2. The number of carbonyl (C=O) groups is 1. The normalized spacial score (nSPS) is 15.5.